The maximum Gasteiger partial charge on any atom is 0.276 e. The first-order chi connectivity index (χ1) is 9.38. The van der Waals surface area contributed by atoms with Gasteiger partial charge in [0.05, 0.1) is 11.2 Å². The average molecular weight is 295 g/mol. The van der Waals surface area contributed by atoms with Crippen molar-refractivity contribution in [3.05, 3.63) is 46.5 Å². The lowest BCUT2D eigenvalue weighted by Crippen LogP contribution is -2.16. The van der Waals surface area contributed by atoms with Crippen molar-refractivity contribution in [3.63, 3.8) is 0 Å². The number of nitrogen functional groups attached to an aromatic ring is 1. The molecule has 0 aliphatic carbocycles. The minimum atomic E-state index is -3.70. The molecule has 0 bridgehead atoms. The van der Waals surface area contributed by atoms with Crippen molar-refractivity contribution in [1.82, 2.24) is 9.97 Å². The van der Waals surface area contributed by atoms with Gasteiger partial charge in [0.15, 0.2) is 5.82 Å². The van der Waals surface area contributed by atoms with Crippen molar-refractivity contribution in [2.45, 2.75) is 11.4 Å². The lowest BCUT2D eigenvalue weighted by atomic mass is 10.2. The number of nitrogens with one attached hydrogen (secondary N) is 2. The average Bonchev–Trinajstić information content (AvgIpc) is 2.40. The first-order valence-electron chi connectivity index (χ1n) is 5.56. The predicted molar refractivity (Wildman–Crippen MR) is 74.4 cm³/mol. The minimum Gasteiger partial charge on any atom is -0.391 e. The molecule has 6 N–H and O–H groups in total. The molecule has 9 heteroatoms. The largest absolute Gasteiger partial charge is 0.391 e. The Morgan fingerprint density at radius 3 is 2.50 bits per heavy atom. The Bertz CT molecular complexity index is 767. The van der Waals surface area contributed by atoms with Gasteiger partial charge in [0.1, 0.15) is 5.69 Å². The van der Waals surface area contributed by atoms with Crippen LogP contribution in [-0.2, 0) is 16.6 Å². The number of benzene rings is 1. The van der Waals surface area contributed by atoms with E-state index in [2.05, 4.69) is 15.3 Å². The molecule has 106 valence electrons. The summed E-state index contributed by atoms with van der Waals surface area (Å²) < 4.78 is 22.2. The molecule has 0 saturated heterocycles. The fourth-order valence-corrected chi connectivity index (χ4v) is 2.05. The standard InChI is InChI=1S/C11H13N5O3S/c12-9-10(15-6-16-11(9)17)14-5-7-1-3-8(4-2-7)20(13,18)19/h1-4,6H,5,12H2,(H2,13,18,19)(H2,14,15,16,17). The number of H-pyrrole nitrogens is 1. The first kappa shape index (κ1) is 14.0. The summed E-state index contributed by atoms with van der Waals surface area (Å²) in [6.07, 6.45) is 1.24. The summed E-state index contributed by atoms with van der Waals surface area (Å²) in [6, 6.07) is 6.02. The number of aromatic amines is 1. The lowest BCUT2D eigenvalue weighted by molar-refractivity contribution is 0.598. The quantitative estimate of drug-likeness (QED) is 0.604. The van der Waals surface area contributed by atoms with Crippen LogP contribution in [-0.4, -0.2) is 18.4 Å². The zero-order valence-corrected chi connectivity index (χ0v) is 11.1. The third-order valence-electron chi connectivity index (χ3n) is 2.60. The zero-order valence-electron chi connectivity index (χ0n) is 10.3. The van der Waals surface area contributed by atoms with Gasteiger partial charge in [0.2, 0.25) is 10.0 Å². The Balaban J connectivity index is 2.12. The van der Waals surface area contributed by atoms with E-state index in [1.165, 1.54) is 18.5 Å². The highest BCUT2D eigenvalue weighted by Crippen LogP contribution is 2.12. The lowest BCUT2D eigenvalue weighted by Gasteiger charge is -2.07. The Morgan fingerprint density at radius 1 is 1.25 bits per heavy atom. The number of nitrogens with two attached hydrogens (primary N) is 2. The predicted octanol–water partition coefficient (Wildman–Crippen LogP) is -0.388. The van der Waals surface area contributed by atoms with Gasteiger partial charge in [-0.1, -0.05) is 12.1 Å². The van der Waals surface area contributed by atoms with Gasteiger partial charge in [-0.25, -0.2) is 18.5 Å². The number of sulfonamides is 1. The third kappa shape index (κ3) is 3.13. The van der Waals surface area contributed by atoms with Gasteiger partial charge in [-0.3, -0.25) is 4.79 Å². The highest BCUT2D eigenvalue weighted by atomic mass is 32.2. The molecule has 0 amide bonds. The minimum absolute atomic E-state index is 0.00587. The molecule has 0 aliphatic heterocycles. The highest BCUT2D eigenvalue weighted by molar-refractivity contribution is 7.89. The highest BCUT2D eigenvalue weighted by Gasteiger charge is 2.07. The van der Waals surface area contributed by atoms with Gasteiger partial charge in [0, 0.05) is 6.54 Å². The van der Waals surface area contributed by atoms with Crippen molar-refractivity contribution >= 4 is 21.5 Å². The topological polar surface area (TPSA) is 144 Å². The fourth-order valence-electron chi connectivity index (χ4n) is 1.53. The summed E-state index contributed by atoms with van der Waals surface area (Å²) in [4.78, 5) is 17.6. The Morgan fingerprint density at radius 2 is 1.90 bits per heavy atom. The molecule has 20 heavy (non-hydrogen) atoms. The molecule has 1 aromatic carbocycles. The summed E-state index contributed by atoms with van der Waals surface area (Å²) in [5.41, 5.74) is 5.92. The van der Waals surface area contributed by atoms with Crippen LogP contribution in [0.25, 0.3) is 0 Å². The van der Waals surface area contributed by atoms with E-state index in [-0.39, 0.29) is 16.4 Å². The molecule has 0 radical (unpaired) electrons. The van der Waals surface area contributed by atoms with Crippen LogP contribution >= 0.6 is 0 Å². The van der Waals surface area contributed by atoms with Gasteiger partial charge in [-0.15, -0.1) is 0 Å². The van der Waals surface area contributed by atoms with Gasteiger partial charge >= 0.3 is 0 Å². The number of nitrogens with zero attached hydrogens (tertiary/aromatic N) is 1. The smallest absolute Gasteiger partial charge is 0.276 e. The van der Waals surface area contributed by atoms with Crippen molar-refractivity contribution < 1.29 is 8.42 Å². The van der Waals surface area contributed by atoms with E-state index in [0.29, 0.717) is 6.54 Å². The van der Waals surface area contributed by atoms with E-state index in [9.17, 15) is 13.2 Å². The fraction of sp³-hybridized carbons (Fsp3) is 0.0909. The summed E-state index contributed by atoms with van der Waals surface area (Å²) in [6.45, 7) is 0.339. The van der Waals surface area contributed by atoms with E-state index in [1.54, 1.807) is 12.1 Å². The number of primary sulfonamides is 1. The molecule has 0 unspecified atom stereocenters. The number of anilines is 2. The maximum absolute atomic E-state index is 11.3. The van der Waals surface area contributed by atoms with Crippen LogP contribution in [0.1, 0.15) is 5.56 Å². The molecule has 0 saturated carbocycles. The van der Waals surface area contributed by atoms with Crippen LogP contribution in [0.4, 0.5) is 11.5 Å². The van der Waals surface area contributed by atoms with Gasteiger partial charge in [-0.05, 0) is 17.7 Å². The van der Waals surface area contributed by atoms with Gasteiger partial charge < -0.3 is 16.0 Å². The van der Waals surface area contributed by atoms with Gasteiger partial charge in [-0.2, -0.15) is 0 Å². The van der Waals surface area contributed by atoms with Crippen LogP contribution in [0.15, 0.2) is 40.3 Å². The van der Waals surface area contributed by atoms with Crippen LogP contribution in [0.3, 0.4) is 0 Å². The molecular formula is C11H13N5O3S. The summed E-state index contributed by atoms with van der Waals surface area (Å²) >= 11 is 0. The first-order valence-corrected chi connectivity index (χ1v) is 7.11. The van der Waals surface area contributed by atoms with Crippen molar-refractivity contribution in [2.75, 3.05) is 11.1 Å². The van der Waals surface area contributed by atoms with Crippen LogP contribution in [0.5, 0.6) is 0 Å². The zero-order chi connectivity index (χ0) is 14.8. The summed E-state index contributed by atoms with van der Waals surface area (Å²) in [5.74, 6) is 0.268. The molecule has 0 spiro atoms. The second-order valence-corrected chi connectivity index (χ2v) is 5.60. The van der Waals surface area contributed by atoms with Crippen molar-refractivity contribution in [2.24, 2.45) is 5.14 Å². The molecule has 2 aromatic rings. The van der Waals surface area contributed by atoms with Crippen LogP contribution in [0, 0.1) is 0 Å². The van der Waals surface area contributed by atoms with E-state index in [0.717, 1.165) is 5.56 Å². The van der Waals surface area contributed by atoms with Crippen LogP contribution < -0.4 is 21.7 Å². The van der Waals surface area contributed by atoms with Gasteiger partial charge in [0.25, 0.3) is 5.56 Å². The monoisotopic (exact) mass is 295 g/mol. The Labute approximate surface area is 114 Å². The molecule has 0 aliphatic rings. The number of hydrogen-bond acceptors (Lipinski definition) is 6. The number of aromatic nitrogens is 2. The Hall–Kier alpha value is -2.39. The van der Waals surface area contributed by atoms with E-state index in [1.807, 2.05) is 0 Å². The van der Waals surface area contributed by atoms with E-state index >= 15 is 0 Å². The SMILES string of the molecule is Nc1c(NCc2ccc(S(N)(=O)=O)cc2)nc[nH]c1=O. The van der Waals surface area contributed by atoms with E-state index in [4.69, 9.17) is 10.9 Å². The normalized spacial score (nSPS) is 11.2. The summed E-state index contributed by atoms with van der Waals surface area (Å²) in [5, 5.41) is 7.89. The molecule has 0 fully saturated rings. The van der Waals surface area contributed by atoms with E-state index < -0.39 is 15.6 Å². The molecule has 0 atom stereocenters. The second-order valence-electron chi connectivity index (χ2n) is 4.04. The number of rotatable bonds is 4. The van der Waals surface area contributed by atoms with Crippen molar-refractivity contribution in [3.8, 4) is 0 Å². The molecular weight excluding hydrogens is 282 g/mol. The van der Waals surface area contributed by atoms with Crippen molar-refractivity contribution in [1.29, 1.82) is 0 Å². The second kappa shape index (κ2) is 5.31. The molecule has 1 heterocycles. The molecule has 1 aromatic heterocycles. The summed E-state index contributed by atoms with van der Waals surface area (Å²) in [7, 11) is -3.70. The Kier molecular flexibility index (Phi) is 3.72. The number of hydrogen-bond donors (Lipinski definition) is 4. The maximum atomic E-state index is 11.3. The van der Waals surface area contributed by atoms with Crippen LogP contribution in [0.2, 0.25) is 0 Å². The molecule has 8 nitrogen and oxygen atoms in total. The third-order valence-corrected chi connectivity index (χ3v) is 3.53. The molecule has 2 rings (SSSR count).